The lowest BCUT2D eigenvalue weighted by molar-refractivity contribution is 0.157. The SMILES string of the molecule is CCSC(SCC)c1ccc(OCCN2CCN(S(=O)(=O)c3ccc(C)cc3)CC2)c(OC)c1. The number of methoxy groups -OCH3 is 1. The van der Waals surface area contributed by atoms with Crippen LogP contribution in [-0.4, -0.2) is 75.6 Å². The van der Waals surface area contributed by atoms with E-state index in [0.717, 1.165) is 35.1 Å². The average Bonchev–Trinajstić information content (AvgIpc) is 2.84. The van der Waals surface area contributed by atoms with Gasteiger partial charge in [-0.3, -0.25) is 4.90 Å². The van der Waals surface area contributed by atoms with Crippen LogP contribution < -0.4 is 9.47 Å². The summed E-state index contributed by atoms with van der Waals surface area (Å²) in [6.45, 7) is 9.93. The summed E-state index contributed by atoms with van der Waals surface area (Å²) < 4.78 is 39.4. The van der Waals surface area contributed by atoms with E-state index < -0.39 is 10.0 Å². The Morgan fingerprint density at radius 1 is 0.941 bits per heavy atom. The second-order valence-corrected chi connectivity index (χ2v) is 13.1. The second-order valence-electron chi connectivity index (χ2n) is 8.06. The van der Waals surface area contributed by atoms with Gasteiger partial charge in [0, 0.05) is 32.7 Å². The molecule has 0 bridgehead atoms. The van der Waals surface area contributed by atoms with E-state index in [9.17, 15) is 8.42 Å². The zero-order valence-electron chi connectivity index (χ0n) is 20.5. The van der Waals surface area contributed by atoms with Crippen LogP contribution in [0.5, 0.6) is 11.5 Å². The van der Waals surface area contributed by atoms with Crippen molar-refractivity contribution in [1.82, 2.24) is 9.21 Å². The molecule has 2 aromatic carbocycles. The van der Waals surface area contributed by atoms with E-state index >= 15 is 0 Å². The molecular weight excluding hydrogens is 488 g/mol. The molecule has 0 amide bonds. The molecule has 0 atom stereocenters. The van der Waals surface area contributed by atoms with Crippen LogP contribution in [0.1, 0.15) is 29.6 Å². The molecule has 0 saturated carbocycles. The van der Waals surface area contributed by atoms with E-state index in [2.05, 4.69) is 30.9 Å². The van der Waals surface area contributed by atoms with Gasteiger partial charge >= 0.3 is 0 Å². The second kappa shape index (κ2) is 13.1. The molecule has 9 heteroatoms. The van der Waals surface area contributed by atoms with Crippen LogP contribution in [0.3, 0.4) is 0 Å². The number of sulfonamides is 1. The van der Waals surface area contributed by atoms with E-state index in [1.54, 1.807) is 23.5 Å². The van der Waals surface area contributed by atoms with Crippen molar-refractivity contribution < 1.29 is 17.9 Å². The van der Waals surface area contributed by atoms with Crippen molar-refractivity contribution >= 4 is 33.5 Å². The Bertz CT molecular complexity index is 1000. The zero-order valence-corrected chi connectivity index (χ0v) is 23.0. The Morgan fingerprint density at radius 2 is 1.59 bits per heavy atom. The summed E-state index contributed by atoms with van der Waals surface area (Å²) in [4.78, 5) is 2.61. The minimum atomic E-state index is -3.44. The molecule has 1 fully saturated rings. The van der Waals surface area contributed by atoms with Crippen molar-refractivity contribution in [3.05, 3.63) is 53.6 Å². The summed E-state index contributed by atoms with van der Waals surface area (Å²) in [6, 6.07) is 13.3. The van der Waals surface area contributed by atoms with Gasteiger partial charge in [-0.15, -0.1) is 23.5 Å². The van der Waals surface area contributed by atoms with Gasteiger partial charge in [-0.25, -0.2) is 8.42 Å². The predicted octanol–water partition coefficient (Wildman–Crippen LogP) is 4.89. The van der Waals surface area contributed by atoms with Crippen molar-refractivity contribution in [3.63, 3.8) is 0 Å². The topological polar surface area (TPSA) is 59.1 Å². The molecule has 2 aromatic rings. The first-order chi connectivity index (χ1) is 16.4. The van der Waals surface area contributed by atoms with E-state index in [4.69, 9.17) is 9.47 Å². The highest BCUT2D eigenvalue weighted by molar-refractivity contribution is 8.16. The third kappa shape index (κ3) is 7.07. The lowest BCUT2D eigenvalue weighted by Crippen LogP contribution is -2.49. The Kier molecular flexibility index (Phi) is 10.5. The van der Waals surface area contributed by atoms with Crippen LogP contribution in [0, 0.1) is 6.92 Å². The maximum absolute atomic E-state index is 12.9. The van der Waals surface area contributed by atoms with E-state index in [-0.39, 0.29) is 0 Å². The summed E-state index contributed by atoms with van der Waals surface area (Å²) in [7, 11) is -1.76. The highest BCUT2D eigenvalue weighted by Gasteiger charge is 2.28. The summed E-state index contributed by atoms with van der Waals surface area (Å²) in [5.74, 6) is 3.63. The standard InChI is InChI=1S/C25H36N2O4S3/c1-5-32-25(33-6-2)21-9-12-23(24(19-21)30-4)31-18-17-26-13-15-27(16-14-26)34(28,29)22-10-7-20(3)8-11-22/h7-12,19,25H,5-6,13-18H2,1-4H3. The monoisotopic (exact) mass is 524 g/mol. The fourth-order valence-corrected chi connectivity index (χ4v) is 7.74. The largest absolute Gasteiger partial charge is 0.493 e. The predicted molar refractivity (Wildman–Crippen MR) is 144 cm³/mol. The lowest BCUT2D eigenvalue weighted by atomic mass is 10.2. The molecule has 34 heavy (non-hydrogen) atoms. The maximum atomic E-state index is 12.9. The van der Waals surface area contributed by atoms with Gasteiger partial charge in [-0.1, -0.05) is 37.6 Å². The Labute approximate surface area is 213 Å². The number of hydrogen-bond donors (Lipinski definition) is 0. The fourth-order valence-electron chi connectivity index (χ4n) is 3.83. The first-order valence-corrected chi connectivity index (χ1v) is 15.3. The number of nitrogens with zero attached hydrogens (tertiary/aromatic N) is 2. The first kappa shape index (κ1) is 27.2. The highest BCUT2D eigenvalue weighted by atomic mass is 32.2. The minimum absolute atomic E-state index is 0.363. The lowest BCUT2D eigenvalue weighted by Gasteiger charge is -2.33. The van der Waals surface area contributed by atoms with Gasteiger partial charge < -0.3 is 9.47 Å². The molecule has 0 aliphatic carbocycles. The molecule has 188 valence electrons. The van der Waals surface area contributed by atoms with E-state index in [1.165, 1.54) is 5.56 Å². The molecule has 1 aliphatic rings. The van der Waals surface area contributed by atoms with Crippen LogP contribution in [0.4, 0.5) is 0 Å². The molecule has 3 rings (SSSR count). The number of benzene rings is 2. The molecule has 0 radical (unpaired) electrons. The first-order valence-electron chi connectivity index (χ1n) is 11.7. The average molecular weight is 525 g/mol. The van der Waals surface area contributed by atoms with Gasteiger partial charge in [0.15, 0.2) is 11.5 Å². The normalized spacial score (nSPS) is 15.6. The van der Waals surface area contributed by atoms with Gasteiger partial charge in [0.2, 0.25) is 10.0 Å². The van der Waals surface area contributed by atoms with Gasteiger partial charge in [-0.2, -0.15) is 4.31 Å². The highest BCUT2D eigenvalue weighted by Crippen LogP contribution is 2.42. The third-order valence-electron chi connectivity index (χ3n) is 5.75. The molecule has 1 heterocycles. The molecular formula is C25H36N2O4S3. The number of aryl methyl sites for hydroxylation is 1. The molecule has 1 aliphatic heterocycles. The smallest absolute Gasteiger partial charge is 0.243 e. The van der Waals surface area contributed by atoms with Crippen molar-refractivity contribution in [1.29, 1.82) is 0 Å². The van der Waals surface area contributed by atoms with Crippen molar-refractivity contribution in [2.75, 3.05) is 57.9 Å². The van der Waals surface area contributed by atoms with Crippen LogP contribution in [0.25, 0.3) is 0 Å². The summed E-state index contributed by atoms with van der Waals surface area (Å²) in [5, 5.41) is 0. The minimum Gasteiger partial charge on any atom is -0.493 e. The van der Waals surface area contributed by atoms with Gasteiger partial charge in [-0.05, 0) is 48.3 Å². The van der Waals surface area contributed by atoms with Crippen molar-refractivity contribution in [2.24, 2.45) is 0 Å². The molecule has 0 spiro atoms. The number of thioether (sulfide) groups is 2. The van der Waals surface area contributed by atoms with Crippen molar-refractivity contribution in [3.8, 4) is 11.5 Å². The maximum Gasteiger partial charge on any atom is 0.243 e. The van der Waals surface area contributed by atoms with Crippen LogP contribution in [0.2, 0.25) is 0 Å². The molecule has 1 saturated heterocycles. The fraction of sp³-hybridized carbons (Fsp3) is 0.520. The molecule has 0 aromatic heterocycles. The van der Waals surface area contributed by atoms with Crippen LogP contribution in [-0.2, 0) is 10.0 Å². The van der Waals surface area contributed by atoms with E-state index in [0.29, 0.717) is 42.3 Å². The summed E-state index contributed by atoms with van der Waals surface area (Å²) >= 11 is 3.86. The zero-order chi connectivity index (χ0) is 24.6. The summed E-state index contributed by atoms with van der Waals surface area (Å²) in [5.41, 5.74) is 2.29. The van der Waals surface area contributed by atoms with Crippen LogP contribution in [0.15, 0.2) is 47.4 Å². The van der Waals surface area contributed by atoms with Gasteiger partial charge in [0.05, 0.1) is 16.6 Å². The van der Waals surface area contributed by atoms with Gasteiger partial charge in [0.1, 0.15) is 6.61 Å². The molecule has 6 nitrogen and oxygen atoms in total. The van der Waals surface area contributed by atoms with Gasteiger partial charge in [0.25, 0.3) is 0 Å². The Hall–Kier alpha value is -1.39. The third-order valence-corrected chi connectivity index (χ3v) is 10.3. The Morgan fingerprint density at radius 3 is 2.18 bits per heavy atom. The summed E-state index contributed by atoms with van der Waals surface area (Å²) in [6.07, 6.45) is 0. The molecule has 0 N–H and O–H groups in total. The quantitative estimate of drug-likeness (QED) is 0.366. The van der Waals surface area contributed by atoms with Crippen LogP contribution >= 0.6 is 23.5 Å². The van der Waals surface area contributed by atoms with Crippen molar-refractivity contribution in [2.45, 2.75) is 30.2 Å². The Balaban J connectivity index is 1.51. The van der Waals surface area contributed by atoms with E-state index in [1.807, 2.05) is 48.6 Å². The number of hydrogen-bond acceptors (Lipinski definition) is 7. The number of ether oxygens (including phenoxy) is 2. The number of rotatable bonds is 12. The molecule has 0 unspecified atom stereocenters. The number of piperazine rings is 1.